The number of benzene rings is 2. The number of piperazine rings is 1. The van der Waals surface area contributed by atoms with E-state index in [-0.39, 0.29) is 10.7 Å². The third-order valence-corrected chi connectivity index (χ3v) is 6.10. The number of rotatable bonds is 6. The fourth-order valence-corrected chi connectivity index (χ4v) is 4.28. The summed E-state index contributed by atoms with van der Waals surface area (Å²) in [5.74, 6) is -0.791. The van der Waals surface area contributed by atoms with E-state index in [0.717, 1.165) is 30.6 Å². The molecule has 0 bridgehead atoms. The van der Waals surface area contributed by atoms with Crippen LogP contribution in [0.5, 0.6) is 5.75 Å². The molecule has 6 nitrogen and oxygen atoms in total. The molecule has 2 heterocycles. The number of likely N-dealkylation sites (N-methyl/N-ethyl adjacent to an activating group) is 1. The molecule has 0 N–H and O–H groups in total. The minimum Gasteiger partial charge on any atom is -0.494 e. The number of imide groups is 1. The lowest BCUT2D eigenvalue weighted by Gasteiger charge is -2.36. The van der Waals surface area contributed by atoms with Gasteiger partial charge < -0.3 is 14.5 Å². The van der Waals surface area contributed by atoms with Crippen LogP contribution in [0.2, 0.25) is 5.02 Å². The second-order valence-electron chi connectivity index (χ2n) is 7.65. The third kappa shape index (κ3) is 4.10. The van der Waals surface area contributed by atoms with E-state index in [1.165, 1.54) is 12.1 Å². The van der Waals surface area contributed by atoms with Gasteiger partial charge in [-0.3, -0.25) is 9.59 Å². The largest absolute Gasteiger partial charge is 0.494 e. The lowest BCUT2D eigenvalue weighted by Crippen LogP contribution is -2.47. The van der Waals surface area contributed by atoms with E-state index in [0.29, 0.717) is 42.3 Å². The zero-order chi connectivity index (χ0) is 22.8. The van der Waals surface area contributed by atoms with Crippen LogP contribution in [0.4, 0.5) is 10.1 Å². The highest BCUT2D eigenvalue weighted by Gasteiger charge is 2.43. The average molecular weight is 458 g/mol. The van der Waals surface area contributed by atoms with Crippen LogP contribution in [0.15, 0.2) is 48.2 Å². The predicted molar refractivity (Wildman–Crippen MR) is 122 cm³/mol. The Morgan fingerprint density at radius 1 is 0.969 bits per heavy atom. The van der Waals surface area contributed by atoms with Crippen molar-refractivity contribution in [1.82, 2.24) is 9.80 Å². The van der Waals surface area contributed by atoms with Crippen molar-refractivity contribution in [3.8, 4) is 5.75 Å². The number of halogens is 2. The predicted octanol–water partition coefficient (Wildman–Crippen LogP) is 3.80. The third-order valence-electron chi connectivity index (χ3n) is 5.81. The van der Waals surface area contributed by atoms with Gasteiger partial charge in [0.1, 0.15) is 17.3 Å². The van der Waals surface area contributed by atoms with Gasteiger partial charge in [-0.1, -0.05) is 30.7 Å². The number of ether oxygens (including phenoxy) is 1. The molecule has 0 radical (unpaired) electrons. The quantitative estimate of drug-likeness (QED) is 0.617. The lowest BCUT2D eigenvalue weighted by molar-refractivity contribution is -0.120. The molecule has 0 aliphatic carbocycles. The molecule has 1 saturated heterocycles. The van der Waals surface area contributed by atoms with E-state index >= 15 is 0 Å². The monoisotopic (exact) mass is 457 g/mol. The van der Waals surface area contributed by atoms with E-state index in [2.05, 4.69) is 11.8 Å². The fourth-order valence-electron chi connectivity index (χ4n) is 4.10. The molecule has 4 rings (SSSR count). The molecule has 0 spiro atoms. The maximum atomic E-state index is 13.7. The molecule has 1 fully saturated rings. The van der Waals surface area contributed by atoms with Crippen molar-refractivity contribution in [3.63, 3.8) is 0 Å². The van der Waals surface area contributed by atoms with Crippen LogP contribution in [-0.4, -0.2) is 60.9 Å². The molecule has 0 aromatic heterocycles. The molecule has 0 unspecified atom stereocenters. The minimum atomic E-state index is -0.606. The Morgan fingerprint density at radius 3 is 2.25 bits per heavy atom. The van der Waals surface area contributed by atoms with Crippen LogP contribution in [0, 0.1) is 5.82 Å². The number of nitrogens with zero attached hydrogens (tertiary/aromatic N) is 3. The Bertz CT molecular complexity index is 1060. The molecule has 8 heteroatoms. The van der Waals surface area contributed by atoms with Crippen LogP contribution in [0.1, 0.15) is 19.4 Å². The molecule has 0 saturated carbocycles. The Morgan fingerprint density at radius 2 is 1.66 bits per heavy atom. The Balaban J connectivity index is 1.76. The standard InChI is InChI=1S/C24H25ClFN3O3/c1-3-27-11-13-28(14-12-27)22-21(16-5-8-18(9-6-16)32-4-2)23(30)29(24(22)31)17-7-10-20(26)19(25)15-17/h5-10,15H,3-4,11-14H2,1-2H3. The highest BCUT2D eigenvalue weighted by molar-refractivity contribution is 6.45. The summed E-state index contributed by atoms with van der Waals surface area (Å²) in [5.41, 5.74) is 1.59. The maximum Gasteiger partial charge on any atom is 0.282 e. The van der Waals surface area contributed by atoms with Crippen molar-refractivity contribution in [2.45, 2.75) is 13.8 Å². The van der Waals surface area contributed by atoms with Gasteiger partial charge in [0, 0.05) is 26.2 Å². The zero-order valence-electron chi connectivity index (χ0n) is 18.1. The van der Waals surface area contributed by atoms with Crippen molar-refractivity contribution < 1.29 is 18.7 Å². The first-order valence-electron chi connectivity index (χ1n) is 10.7. The first-order chi connectivity index (χ1) is 15.4. The Labute approximate surface area is 191 Å². The van der Waals surface area contributed by atoms with Crippen LogP contribution < -0.4 is 9.64 Å². The minimum absolute atomic E-state index is 0.143. The first-order valence-corrected chi connectivity index (χ1v) is 11.1. The number of carbonyl (C=O) groups is 2. The molecule has 2 aromatic carbocycles. The lowest BCUT2D eigenvalue weighted by atomic mass is 10.0. The van der Waals surface area contributed by atoms with E-state index in [1.807, 2.05) is 11.8 Å². The fraction of sp³-hybridized carbons (Fsp3) is 0.333. The van der Waals surface area contributed by atoms with E-state index in [1.54, 1.807) is 24.3 Å². The molecule has 2 aliphatic heterocycles. The summed E-state index contributed by atoms with van der Waals surface area (Å²) in [6.07, 6.45) is 0. The van der Waals surface area contributed by atoms with E-state index in [4.69, 9.17) is 16.3 Å². The summed E-state index contributed by atoms with van der Waals surface area (Å²) >= 11 is 5.94. The van der Waals surface area contributed by atoms with Gasteiger partial charge in [-0.25, -0.2) is 9.29 Å². The van der Waals surface area contributed by atoms with Gasteiger partial charge in [0.2, 0.25) is 0 Å². The van der Waals surface area contributed by atoms with Crippen molar-refractivity contribution in [3.05, 3.63) is 64.6 Å². The number of hydrogen-bond acceptors (Lipinski definition) is 5. The van der Waals surface area contributed by atoms with Gasteiger partial charge in [0.15, 0.2) is 0 Å². The van der Waals surface area contributed by atoms with Gasteiger partial charge in [0.05, 0.1) is 22.9 Å². The molecule has 2 amide bonds. The first kappa shape index (κ1) is 22.3. The van der Waals surface area contributed by atoms with Gasteiger partial charge in [-0.15, -0.1) is 0 Å². The maximum absolute atomic E-state index is 13.7. The summed E-state index contributed by atoms with van der Waals surface area (Å²) in [7, 11) is 0. The topological polar surface area (TPSA) is 53.1 Å². The highest BCUT2D eigenvalue weighted by atomic mass is 35.5. The zero-order valence-corrected chi connectivity index (χ0v) is 18.9. The van der Waals surface area contributed by atoms with Crippen molar-refractivity contribution in [2.24, 2.45) is 0 Å². The molecule has 32 heavy (non-hydrogen) atoms. The molecule has 0 atom stereocenters. The molecule has 168 valence electrons. The second kappa shape index (κ2) is 9.30. The van der Waals surface area contributed by atoms with Crippen molar-refractivity contribution in [1.29, 1.82) is 0 Å². The van der Waals surface area contributed by atoms with Crippen LogP contribution in [-0.2, 0) is 9.59 Å². The van der Waals surface area contributed by atoms with Crippen LogP contribution in [0.3, 0.4) is 0 Å². The number of carbonyl (C=O) groups excluding carboxylic acids is 2. The normalized spacial score (nSPS) is 17.5. The van der Waals surface area contributed by atoms with Crippen LogP contribution >= 0.6 is 11.6 Å². The number of anilines is 1. The smallest absolute Gasteiger partial charge is 0.282 e. The number of amides is 2. The van der Waals surface area contributed by atoms with Gasteiger partial charge in [-0.2, -0.15) is 0 Å². The Kier molecular flexibility index (Phi) is 6.48. The molecule has 2 aromatic rings. The van der Waals surface area contributed by atoms with Gasteiger partial charge in [-0.05, 0) is 49.4 Å². The Hall–Kier alpha value is -2.90. The summed E-state index contributed by atoms with van der Waals surface area (Å²) < 4.78 is 19.2. The second-order valence-corrected chi connectivity index (χ2v) is 8.05. The molecular formula is C24H25ClFN3O3. The van der Waals surface area contributed by atoms with E-state index < -0.39 is 17.6 Å². The summed E-state index contributed by atoms with van der Waals surface area (Å²) in [5, 5.41) is -0.143. The van der Waals surface area contributed by atoms with Crippen LogP contribution in [0.25, 0.3) is 5.57 Å². The van der Waals surface area contributed by atoms with Crippen molar-refractivity contribution in [2.75, 3.05) is 44.2 Å². The molecular weight excluding hydrogens is 433 g/mol. The summed E-state index contributed by atoms with van der Waals surface area (Å²) in [6, 6.07) is 11.0. The number of hydrogen-bond donors (Lipinski definition) is 0. The molecule has 2 aliphatic rings. The van der Waals surface area contributed by atoms with Gasteiger partial charge >= 0.3 is 0 Å². The van der Waals surface area contributed by atoms with Crippen molar-refractivity contribution >= 4 is 34.7 Å². The summed E-state index contributed by atoms with van der Waals surface area (Å²) in [4.78, 5) is 32.4. The summed E-state index contributed by atoms with van der Waals surface area (Å²) in [6.45, 7) is 8.36. The van der Waals surface area contributed by atoms with Gasteiger partial charge in [0.25, 0.3) is 11.8 Å². The average Bonchev–Trinajstić information content (AvgIpc) is 3.06. The SMILES string of the molecule is CCOc1ccc(C2=C(N3CCN(CC)CC3)C(=O)N(c3ccc(F)c(Cl)c3)C2=O)cc1. The highest BCUT2D eigenvalue weighted by Crippen LogP contribution is 2.36. The van der Waals surface area contributed by atoms with E-state index in [9.17, 15) is 14.0 Å².